The van der Waals surface area contributed by atoms with Gasteiger partial charge in [-0.1, -0.05) is 30.7 Å². The second kappa shape index (κ2) is 6.26. The lowest BCUT2D eigenvalue weighted by Gasteiger charge is -2.33. The Balaban J connectivity index is 1.62. The van der Waals surface area contributed by atoms with E-state index in [-0.39, 0.29) is 29.9 Å². The molecule has 0 bridgehead atoms. The maximum atomic E-state index is 12.3. The highest BCUT2D eigenvalue weighted by molar-refractivity contribution is 6.30. The van der Waals surface area contributed by atoms with Crippen molar-refractivity contribution in [3.63, 3.8) is 0 Å². The van der Waals surface area contributed by atoms with Crippen LogP contribution in [-0.4, -0.2) is 41.4 Å². The van der Waals surface area contributed by atoms with E-state index in [0.29, 0.717) is 31.0 Å². The van der Waals surface area contributed by atoms with Crippen LogP contribution in [0.25, 0.3) is 0 Å². The van der Waals surface area contributed by atoms with Gasteiger partial charge < -0.3 is 15.5 Å². The molecule has 118 valence electrons. The third-order valence-corrected chi connectivity index (χ3v) is 4.63. The minimum atomic E-state index is -0.365. The Labute approximate surface area is 135 Å². The number of amides is 2. The minimum absolute atomic E-state index is 0.0292. The summed E-state index contributed by atoms with van der Waals surface area (Å²) in [6, 6.07) is 7.12. The van der Waals surface area contributed by atoms with Crippen LogP contribution in [0, 0.1) is 0 Å². The maximum absolute atomic E-state index is 12.3. The number of hydrogen-bond donors (Lipinski definition) is 2. The predicted molar refractivity (Wildman–Crippen MR) is 84.4 cm³/mol. The average Bonchev–Trinajstić information content (AvgIpc) is 2.94. The van der Waals surface area contributed by atoms with E-state index in [0.717, 1.165) is 5.56 Å². The lowest BCUT2D eigenvalue weighted by atomic mass is 10.1. The molecule has 0 saturated carbocycles. The van der Waals surface area contributed by atoms with E-state index in [1.807, 2.05) is 31.2 Å². The summed E-state index contributed by atoms with van der Waals surface area (Å²) < 4.78 is 0. The highest BCUT2D eigenvalue weighted by Crippen LogP contribution is 2.23. The van der Waals surface area contributed by atoms with Crippen molar-refractivity contribution in [3.05, 3.63) is 34.9 Å². The molecule has 0 aromatic heterocycles. The average molecular weight is 322 g/mol. The number of hydrogen-bond acceptors (Lipinski definition) is 3. The highest BCUT2D eigenvalue weighted by Gasteiger charge is 2.45. The molecule has 3 rings (SSSR count). The third kappa shape index (κ3) is 2.96. The number of benzene rings is 1. The fourth-order valence-electron chi connectivity index (χ4n) is 3.19. The zero-order valence-electron chi connectivity index (χ0n) is 12.5. The fraction of sp³-hybridized carbons (Fsp3) is 0.500. The van der Waals surface area contributed by atoms with Gasteiger partial charge in [-0.15, -0.1) is 0 Å². The van der Waals surface area contributed by atoms with E-state index in [1.165, 1.54) is 0 Å². The van der Waals surface area contributed by atoms with E-state index in [2.05, 4.69) is 10.6 Å². The number of piperazine rings is 1. The van der Waals surface area contributed by atoms with Crippen LogP contribution >= 0.6 is 11.6 Å². The molecule has 0 spiro atoms. The Morgan fingerprint density at radius 1 is 1.41 bits per heavy atom. The number of carbonyl (C=O) groups excluding carboxylic acids is 2. The lowest BCUT2D eigenvalue weighted by molar-refractivity contribution is -0.147. The molecule has 2 heterocycles. The summed E-state index contributed by atoms with van der Waals surface area (Å²) in [6.45, 7) is 3.18. The number of carbonyl (C=O) groups is 2. The third-order valence-electron chi connectivity index (χ3n) is 4.39. The molecule has 2 aliphatic heterocycles. The standard InChI is InChI=1S/C16H20ClN3O2/c1-2-13-16(22)20-9-12(7-14(20)15(21)19-13)18-8-10-4-3-5-11(17)6-10/h3-6,12-14,18H,2,7-9H2,1H3,(H,19,21)/t12-,13-,14-/m0/s1. The van der Waals surface area contributed by atoms with Crippen LogP contribution in [0.3, 0.4) is 0 Å². The Morgan fingerprint density at radius 2 is 2.23 bits per heavy atom. The van der Waals surface area contributed by atoms with Gasteiger partial charge in [-0.3, -0.25) is 9.59 Å². The van der Waals surface area contributed by atoms with Crippen molar-refractivity contribution in [2.75, 3.05) is 6.54 Å². The fourth-order valence-corrected chi connectivity index (χ4v) is 3.40. The summed E-state index contributed by atoms with van der Waals surface area (Å²) in [5.41, 5.74) is 1.10. The molecule has 2 aliphatic rings. The Morgan fingerprint density at radius 3 is 2.95 bits per heavy atom. The normalized spacial score (nSPS) is 27.7. The molecule has 6 heteroatoms. The Hall–Kier alpha value is -1.59. The van der Waals surface area contributed by atoms with E-state index < -0.39 is 0 Å². The molecule has 2 amide bonds. The molecule has 5 nitrogen and oxygen atoms in total. The van der Waals surface area contributed by atoms with Crippen LogP contribution in [0.2, 0.25) is 5.02 Å². The van der Waals surface area contributed by atoms with E-state index in [4.69, 9.17) is 11.6 Å². The molecule has 0 unspecified atom stereocenters. The molecule has 22 heavy (non-hydrogen) atoms. The van der Waals surface area contributed by atoms with E-state index in [9.17, 15) is 9.59 Å². The SMILES string of the molecule is CC[C@@H]1NC(=O)[C@@H]2C[C@H](NCc3cccc(Cl)c3)CN2C1=O. The first-order chi connectivity index (χ1) is 10.6. The topological polar surface area (TPSA) is 61.4 Å². The summed E-state index contributed by atoms with van der Waals surface area (Å²) in [5, 5.41) is 6.95. The van der Waals surface area contributed by atoms with Crippen LogP contribution in [0.1, 0.15) is 25.3 Å². The van der Waals surface area contributed by atoms with E-state index in [1.54, 1.807) is 4.90 Å². The van der Waals surface area contributed by atoms with Crippen molar-refractivity contribution in [2.24, 2.45) is 0 Å². The molecule has 1 aromatic rings. The maximum Gasteiger partial charge on any atom is 0.245 e. The van der Waals surface area contributed by atoms with Gasteiger partial charge in [-0.25, -0.2) is 0 Å². The molecule has 2 saturated heterocycles. The van der Waals surface area contributed by atoms with Gasteiger partial charge in [0.2, 0.25) is 11.8 Å². The Kier molecular flexibility index (Phi) is 4.36. The van der Waals surface area contributed by atoms with Crippen molar-refractivity contribution >= 4 is 23.4 Å². The predicted octanol–water partition coefficient (Wildman–Crippen LogP) is 1.31. The minimum Gasteiger partial charge on any atom is -0.343 e. The molecular formula is C16H20ClN3O2. The van der Waals surface area contributed by atoms with Gasteiger partial charge in [-0.2, -0.15) is 0 Å². The first kappa shape index (κ1) is 15.3. The smallest absolute Gasteiger partial charge is 0.245 e. The van der Waals surface area contributed by atoms with Crippen molar-refractivity contribution in [1.82, 2.24) is 15.5 Å². The summed E-state index contributed by atoms with van der Waals surface area (Å²) in [7, 11) is 0. The summed E-state index contributed by atoms with van der Waals surface area (Å²) >= 11 is 5.98. The quantitative estimate of drug-likeness (QED) is 0.879. The van der Waals surface area contributed by atoms with Gasteiger partial charge in [0.25, 0.3) is 0 Å². The van der Waals surface area contributed by atoms with Crippen LogP contribution < -0.4 is 10.6 Å². The first-order valence-electron chi connectivity index (χ1n) is 7.67. The second-order valence-electron chi connectivity index (χ2n) is 5.92. The summed E-state index contributed by atoms with van der Waals surface area (Å²) in [6.07, 6.45) is 1.29. The van der Waals surface area contributed by atoms with Gasteiger partial charge in [0.05, 0.1) is 0 Å². The van der Waals surface area contributed by atoms with Gasteiger partial charge in [0.1, 0.15) is 12.1 Å². The lowest BCUT2D eigenvalue weighted by Crippen LogP contribution is -2.60. The molecule has 2 N–H and O–H groups in total. The molecule has 0 radical (unpaired) electrons. The first-order valence-corrected chi connectivity index (χ1v) is 8.05. The van der Waals surface area contributed by atoms with Crippen LogP contribution in [-0.2, 0) is 16.1 Å². The second-order valence-corrected chi connectivity index (χ2v) is 6.36. The number of rotatable bonds is 4. The van der Waals surface area contributed by atoms with Crippen LogP contribution in [0.4, 0.5) is 0 Å². The summed E-state index contributed by atoms with van der Waals surface area (Å²) in [5.74, 6) is 0.0117. The van der Waals surface area contributed by atoms with Gasteiger partial charge in [0.15, 0.2) is 0 Å². The monoisotopic (exact) mass is 321 g/mol. The molecule has 3 atom stereocenters. The van der Waals surface area contributed by atoms with E-state index >= 15 is 0 Å². The van der Waals surface area contributed by atoms with Crippen molar-refractivity contribution in [2.45, 2.75) is 44.4 Å². The zero-order chi connectivity index (χ0) is 15.7. The van der Waals surface area contributed by atoms with Gasteiger partial charge in [0, 0.05) is 24.2 Å². The molecule has 1 aromatic carbocycles. The van der Waals surface area contributed by atoms with Crippen molar-refractivity contribution in [3.8, 4) is 0 Å². The Bertz CT molecular complexity index is 593. The van der Waals surface area contributed by atoms with Crippen LogP contribution in [0.5, 0.6) is 0 Å². The number of fused-ring (bicyclic) bond motifs is 1. The van der Waals surface area contributed by atoms with Gasteiger partial charge in [-0.05, 0) is 30.5 Å². The number of halogens is 1. The molecule has 2 fully saturated rings. The largest absolute Gasteiger partial charge is 0.343 e. The number of nitrogens with one attached hydrogen (secondary N) is 2. The molecule has 0 aliphatic carbocycles. The van der Waals surface area contributed by atoms with Crippen LogP contribution in [0.15, 0.2) is 24.3 Å². The number of nitrogens with zero attached hydrogens (tertiary/aromatic N) is 1. The highest BCUT2D eigenvalue weighted by atomic mass is 35.5. The zero-order valence-corrected chi connectivity index (χ0v) is 13.3. The molecular weight excluding hydrogens is 302 g/mol. The van der Waals surface area contributed by atoms with Crippen molar-refractivity contribution < 1.29 is 9.59 Å². The summed E-state index contributed by atoms with van der Waals surface area (Å²) in [4.78, 5) is 26.1. The van der Waals surface area contributed by atoms with Gasteiger partial charge >= 0.3 is 0 Å². The van der Waals surface area contributed by atoms with Crippen molar-refractivity contribution in [1.29, 1.82) is 0 Å².